The van der Waals surface area contributed by atoms with Gasteiger partial charge in [0.25, 0.3) is 5.56 Å². The van der Waals surface area contributed by atoms with Crippen LogP contribution in [0.3, 0.4) is 0 Å². The van der Waals surface area contributed by atoms with Crippen molar-refractivity contribution in [3.8, 4) is 0 Å². The number of Topliss-reactive ketones (excluding diaryl/α,β-unsaturated/α-hetero) is 1. The molecule has 1 unspecified atom stereocenters. The lowest BCUT2D eigenvalue weighted by Gasteiger charge is -2.40. The average molecular weight is 561 g/mol. The molecule has 0 spiro atoms. The molecule has 208 valence electrons. The van der Waals surface area contributed by atoms with Crippen LogP contribution in [0.2, 0.25) is 5.02 Å². The molecule has 2 aromatic carbocycles. The van der Waals surface area contributed by atoms with Gasteiger partial charge in [0.15, 0.2) is 5.78 Å². The summed E-state index contributed by atoms with van der Waals surface area (Å²) in [6.45, 7) is 5.76. The van der Waals surface area contributed by atoms with Gasteiger partial charge in [-0.25, -0.2) is 0 Å². The Morgan fingerprint density at radius 2 is 1.62 bits per heavy atom. The maximum absolute atomic E-state index is 13.1. The van der Waals surface area contributed by atoms with E-state index < -0.39 is 0 Å². The lowest BCUT2D eigenvalue weighted by atomic mass is 9.83. The number of likely N-dealkylation sites (tertiary alicyclic amines) is 1. The zero-order valence-electron chi connectivity index (χ0n) is 22.7. The highest BCUT2D eigenvalue weighted by molar-refractivity contribution is 6.30. The average Bonchev–Trinajstić information content (AvgIpc) is 2.96. The van der Waals surface area contributed by atoms with Crippen LogP contribution in [0.15, 0.2) is 77.6 Å². The number of piperidine rings is 1. The van der Waals surface area contributed by atoms with Crippen molar-refractivity contribution in [1.29, 1.82) is 0 Å². The van der Waals surface area contributed by atoms with Gasteiger partial charge in [0.1, 0.15) is 12.6 Å². The number of halogens is 1. The molecule has 8 heteroatoms. The Bertz CT molecular complexity index is 1420. The molecule has 4 atom stereocenters. The third kappa shape index (κ3) is 5.78. The van der Waals surface area contributed by atoms with E-state index in [-0.39, 0.29) is 29.7 Å². The Kier molecular flexibility index (Phi) is 7.87. The fraction of sp³-hybridized carbons (Fsp3) is 0.406. The van der Waals surface area contributed by atoms with Crippen LogP contribution in [0.4, 0.5) is 0 Å². The third-order valence-electron chi connectivity index (χ3n) is 8.97. The van der Waals surface area contributed by atoms with E-state index in [1.54, 1.807) is 6.07 Å². The SMILES string of the molecule is O=C(CC(=O)N1CC[NH+]([C@@H](c2ccccc2)c2ccc(Cl)cc2)CC1)C[NH+]1C[C@@H]2C[C@H](C1)c1cccc(=O)n1C2. The quantitative estimate of drug-likeness (QED) is 0.423. The first kappa shape index (κ1) is 26.9. The maximum Gasteiger partial charge on any atom is 0.250 e. The minimum absolute atomic E-state index is 0.0172. The third-order valence-corrected chi connectivity index (χ3v) is 9.22. The van der Waals surface area contributed by atoms with Gasteiger partial charge >= 0.3 is 0 Å². The minimum Gasteiger partial charge on any atom is -0.331 e. The molecule has 0 radical (unpaired) electrons. The number of aromatic nitrogens is 1. The molecule has 3 aliphatic heterocycles. The van der Waals surface area contributed by atoms with E-state index >= 15 is 0 Å². The molecule has 4 heterocycles. The van der Waals surface area contributed by atoms with Gasteiger partial charge in [-0.3, -0.25) is 14.4 Å². The van der Waals surface area contributed by atoms with Crippen LogP contribution in [-0.2, 0) is 16.1 Å². The van der Waals surface area contributed by atoms with Crippen molar-refractivity contribution in [2.24, 2.45) is 5.92 Å². The first-order chi connectivity index (χ1) is 19.4. The second kappa shape index (κ2) is 11.7. The zero-order chi connectivity index (χ0) is 27.6. The fourth-order valence-corrected chi connectivity index (χ4v) is 7.31. The van der Waals surface area contributed by atoms with Crippen LogP contribution >= 0.6 is 11.6 Å². The van der Waals surface area contributed by atoms with E-state index in [4.69, 9.17) is 11.6 Å². The van der Waals surface area contributed by atoms with E-state index in [2.05, 4.69) is 36.4 Å². The lowest BCUT2D eigenvalue weighted by Crippen LogP contribution is -3.15. The zero-order valence-corrected chi connectivity index (χ0v) is 23.5. The summed E-state index contributed by atoms with van der Waals surface area (Å²) in [6, 6.07) is 24.2. The first-order valence-electron chi connectivity index (χ1n) is 14.4. The van der Waals surface area contributed by atoms with Crippen molar-refractivity contribution in [3.63, 3.8) is 0 Å². The van der Waals surface area contributed by atoms with Crippen molar-refractivity contribution < 1.29 is 19.4 Å². The Morgan fingerprint density at radius 3 is 2.38 bits per heavy atom. The van der Waals surface area contributed by atoms with Crippen molar-refractivity contribution in [2.45, 2.75) is 31.3 Å². The van der Waals surface area contributed by atoms with E-state index in [0.29, 0.717) is 31.5 Å². The molecule has 3 aromatic rings. The fourth-order valence-electron chi connectivity index (χ4n) is 7.18. The Labute approximate surface area is 239 Å². The largest absolute Gasteiger partial charge is 0.331 e. The summed E-state index contributed by atoms with van der Waals surface area (Å²) in [5.74, 6) is 0.664. The molecule has 2 N–H and O–H groups in total. The normalized spacial score (nSPS) is 23.3. The number of piperazine rings is 1. The highest BCUT2D eigenvalue weighted by atomic mass is 35.5. The van der Waals surface area contributed by atoms with Crippen molar-refractivity contribution in [3.05, 3.63) is 105 Å². The number of carbonyl (C=O) groups is 2. The molecule has 3 aliphatic rings. The standard InChI is InChI=1S/C32H35ClN4O3/c33-27-11-9-25(10-12-27)32(24-5-2-1-3-6-24)36-15-13-35(14-16-36)31(40)18-28(38)22-34-19-23-17-26(21-34)29-7-4-8-30(39)37(29)20-23/h1-12,23,26,32H,13-22H2/p+2/t23-,26+,32-/m0/s1. The number of fused-ring (bicyclic) bond motifs is 4. The smallest absolute Gasteiger partial charge is 0.250 e. The number of rotatable bonds is 7. The molecular formula is C32H37ClN4O3+2. The maximum atomic E-state index is 13.1. The van der Waals surface area contributed by atoms with Gasteiger partial charge in [-0.2, -0.15) is 0 Å². The van der Waals surface area contributed by atoms with Crippen LogP contribution in [-0.4, -0.2) is 67.0 Å². The molecule has 2 bridgehead atoms. The summed E-state index contributed by atoms with van der Waals surface area (Å²) in [6.07, 6.45) is 1.05. The van der Waals surface area contributed by atoms with Gasteiger partial charge in [-0.15, -0.1) is 0 Å². The Hall–Kier alpha value is -3.26. The highest BCUT2D eigenvalue weighted by Crippen LogP contribution is 2.30. The molecule has 0 aliphatic carbocycles. The van der Waals surface area contributed by atoms with Gasteiger partial charge in [0, 0.05) is 46.3 Å². The van der Waals surface area contributed by atoms with Gasteiger partial charge in [-0.05, 0) is 24.6 Å². The predicted octanol–water partition coefficient (Wildman–Crippen LogP) is 0.980. The molecule has 7 nitrogen and oxygen atoms in total. The minimum atomic E-state index is -0.0553. The first-order valence-corrected chi connectivity index (χ1v) is 14.8. The summed E-state index contributed by atoms with van der Waals surface area (Å²) in [4.78, 5) is 43.0. The van der Waals surface area contributed by atoms with Gasteiger partial charge < -0.3 is 19.3 Å². The summed E-state index contributed by atoms with van der Waals surface area (Å²) in [7, 11) is 0. The molecule has 0 saturated carbocycles. The number of hydrogen-bond donors (Lipinski definition) is 2. The molecule has 2 fully saturated rings. The van der Waals surface area contributed by atoms with Gasteiger partial charge in [-0.1, -0.05) is 60.1 Å². The molecule has 1 amide bonds. The number of hydrogen-bond acceptors (Lipinski definition) is 3. The summed E-state index contributed by atoms with van der Waals surface area (Å²) >= 11 is 6.16. The summed E-state index contributed by atoms with van der Waals surface area (Å²) < 4.78 is 1.91. The van der Waals surface area contributed by atoms with E-state index in [1.807, 2.05) is 39.8 Å². The van der Waals surface area contributed by atoms with E-state index in [1.165, 1.54) is 20.9 Å². The highest BCUT2D eigenvalue weighted by Gasteiger charge is 2.38. The number of nitrogens with zero attached hydrogens (tertiary/aromatic N) is 2. The topological polar surface area (TPSA) is 68.3 Å². The van der Waals surface area contributed by atoms with Crippen LogP contribution in [0.1, 0.15) is 41.6 Å². The molecule has 6 rings (SSSR count). The molecule has 40 heavy (non-hydrogen) atoms. The van der Waals surface area contributed by atoms with Crippen molar-refractivity contribution >= 4 is 23.3 Å². The van der Waals surface area contributed by atoms with Crippen molar-refractivity contribution in [2.75, 3.05) is 45.8 Å². The number of amides is 1. The molecular weight excluding hydrogens is 524 g/mol. The number of quaternary nitrogens is 2. The number of pyridine rings is 1. The number of ketones is 1. The lowest BCUT2D eigenvalue weighted by molar-refractivity contribution is -0.929. The summed E-state index contributed by atoms with van der Waals surface area (Å²) in [5.41, 5.74) is 3.62. The molecule has 1 aromatic heterocycles. The number of nitrogens with one attached hydrogen (secondary N) is 2. The van der Waals surface area contributed by atoms with Crippen LogP contribution in [0, 0.1) is 5.92 Å². The second-order valence-electron chi connectivity index (χ2n) is 11.7. The Balaban J connectivity index is 1.04. The van der Waals surface area contributed by atoms with Crippen LogP contribution in [0.5, 0.6) is 0 Å². The van der Waals surface area contributed by atoms with Gasteiger partial charge in [0.05, 0.1) is 45.7 Å². The van der Waals surface area contributed by atoms with Crippen molar-refractivity contribution in [1.82, 2.24) is 9.47 Å². The second-order valence-corrected chi connectivity index (χ2v) is 12.1. The summed E-state index contributed by atoms with van der Waals surface area (Å²) in [5, 5.41) is 0.723. The number of benzene rings is 2. The van der Waals surface area contributed by atoms with E-state index in [9.17, 15) is 14.4 Å². The van der Waals surface area contributed by atoms with E-state index in [0.717, 1.165) is 49.9 Å². The number of carbonyl (C=O) groups excluding carboxylic acids is 2. The van der Waals surface area contributed by atoms with Crippen LogP contribution < -0.4 is 15.4 Å². The Morgan fingerprint density at radius 1 is 0.900 bits per heavy atom. The van der Waals surface area contributed by atoms with Gasteiger partial charge in [0.2, 0.25) is 5.91 Å². The molecule has 2 saturated heterocycles. The van der Waals surface area contributed by atoms with Crippen LogP contribution in [0.25, 0.3) is 0 Å². The predicted molar refractivity (Wildman–Crippen MR) is 154 cm³/mol. The monoisotopic (exact) mass is 560 g/mol.